The Hall–Kier alpha value is -1.89. The number of unbranched alkanes of at least 4 members (excludes halogenated alkanes) is 23. The minimum absolute atomic E-state index is 0.744. The van der Waals surface area contributed by atoms with E-state index in [9.17, 15) is 0 Å². The molecule has 308 valence electrons. The Balaban J connectivity index is 2.08. The summed E-state index contributed by atoms with van der Waals surface area (Å²) in [4.78, 5) is 0. The number of halogens is 1. The van der Waals surface area contributed by atoms with E-state index in [4.69, 9.17) is 18.9 Å². The molecule has 0 unspecified atom stereocenters. The van der Waals surface area contributed by atoms with Crippen molar-refractivity contribution in [3.8, 4) is 23.0 Å². The Bertz CT molecular complexity index is 998. The van der Waals surface area contributed by atoms with Crippen molar-refractivity contribution in [1.82, 2.24) is 0 Å². The SMILES string of the molecule is CCCCCCCCCOc1cc(/C=C/c2cc(OCCCCCCCCC)cc(OCCCCCCCCI)c2)cc(OCCCCCCCCC)c1. The van der Waals surface area contributed by atoms with Crippen molar-refractivity contribution >= 4 is 34.7 Å². The molecule has 0 fully saturated rings. The van der Waals surface area contributed by atoms with Gasteiger partial charge in [-0.1, -0.05) is 197 Å². The van der Waals surface area contributed by atoms with Gasteiger partial charge in [0.1, 0.15) is 23.0 Å². The smallest absolute Gasteiger partial charge is 0.123 e. The fourth-order valence-corrected chi connectivity index (χ4v) is 7.29. The minimum atomic E-state index is 0.744. The zero-order valence-corrected chi connectivity index (χ0v) is 37.4. The maximum absolute atomic E-state index is 6.32. The van der Waals surface area contributed by atoms with Gasteiger partial charge >= 0.3 is 0 Å². The molecule has 0 radical (unpaired) electrons. The van der Waals surface area contributed by atoms with Crippen LogP contribution in [0.15, 0.2) is 36.4 Å². The van der Waals surface area contributed by atoms with E-state index < -0.39 is 0 Å². The first-order valence-corrected chi connectivity index (χ1v) is 24.3. The molecule has 2 rings (SSSR count). The fourth-order valence-electron chi connectivity index (χ4n) is 6.75. The van der Waals surface area contributed by atoms with Gasteiger partial charge in [0.2, 0.25) is 0 Å². The van der Waals surface area contributed by atoms with Gasteiger partial charge in [-0.3, -0.25) is 0 Å². The molecule has 0 aliphatic carbocycles. The van der Waals surface area contributed by atoms with Crippen LogP contribution < -0.4 is 18.9 Å². The molecule has 5 heteroatoms. The molecule has 0 saturated carbocycles. The van der Waals surface area contributed by atoms with Crippen molar-refractivity contribution < 1.29 is 18.9 Å². The van der Waals surface area contributed by atoms with Crippen LogP contribution in [0, 0.1) is 0 Å². The summed E-state index contributed by atoms with van der Waals surface area (Å²) in [6, 6.07) is 12.8. The second-order valence-corrected chi connectivity index (χ2v) is 16.5. The third-order valence-electron chi connectivity index (χ3n) is 10.1. The van der Waals surface area contributed by atoms with Crippen LogP contribution in [-0.2, 0) is 0 Å². The number of alkyl halides is 1. The Labute approximate surface area is 347 Å². The summed E-state index contributed by atoms with van der Waals surface area (Å²) in [5, 5.41) is 0. The molecule has 54 heavy (non-hydrogen) atoms. The lowest BCUT2D eigenvalue weighted by atomic mass is 10.1. The van der Waals surface area contributed by atoms with Crippen LogP contribution in [0.4, 0.5) is 0 Å². The fraction of sp³-hybridized carbons (Fsp3) is 0.714. The number of benzene rings is 2. The zero-order chi connectivity index (χ0) is 38.6. The highest BCUT2D eigenvalue weighted by Crippen LogP contribution is 2.28. The van der Waals surface area contributed by atoms with E-state index >= 15 is 0 Å². The van der Waals surface area contributed by atoms with E-state index in [-0.39, 0.29) is 0 Å². The molecule has 4 nitrogen and oxygen atoms in total. The van der Waals surface area contributed by atoms with Crippen LogP contribution >= 0.6 is 22.6 Å². The third kappa shape index (κ3) is 26.8. The summed E-state index contributed by atoms with van der Waals surface area (Å²) in [5.74, 6) is 3.56. The van der Waals surface area contributed by atoms with Gasteiger partial charge in [-0.15, -0.1) is 0 Å². The monoisotopic (exact) mass is 861 g/mol. The normalized spacial score (nSPS) is 11.4. The molecule has 2 aromatic carbocycles. The van der Waals surface area contributed by atoms with Crippen LogP contribution in [0.1, 0.15) is 205 Å². The van der Waals surface area contributed by atoms with Gasteiger partial charge < -0.3 is 18.9 Å². The second kappa shape index (κ2) is 35.5. The molecule has 2 aromatic rings. The molecule has 0 spiro atoms. The molecule has 0 atom stereocenters. The van der Waals surface area contributed by atoms with E-state index in [0.717, 1.165) is 86.2 Å². The third-order valence-corrected chi connectivity index (χ3v) is 10.9. The zero-order valence-electron chi connectivity index (χ0n) is 35.3. The number of ether oxygens (including phenoxy) is 4. The summed E-state index contributed by atoms with van der Waals surface area (Å²) in [5.41, 5.74) is 2.17. The van der Waals surface area contributed by atoms with Crippen LogP contribution in [0.3, 0.4) is 0 Å². The Morgan fingerprint density at radius 3 is 0.833 bits per heavy atom. The van der Waals surface area contributed by atoms with Crippen LogP contribution in [0.5, 0.6) is 23.0 Å². The largest absolute Gasteiger partial charge is 0.493 e. The Morgan fingerprint density at radius 1 is 0.333 bits per heavy atom. The lowest BCUT2D eigenvalue weighted by Crippen LogP contribution is -2.01. The summed E-state index contributed by atoms with van der Waals surface area (Å²) in [6.07, 6.45) is 38.8. The highest BCUT2D eigenvalue weighted by Gasteiger charge is 2.06. The van der Waals surface area contributed by atoms with Crippen molar-refractivity contribution in [2.45, 2.75) is 194 Å². The maximum atomic E-state index is 6.32. The molecule has 0 N–H and O–H groups in total. The maximum Gasteiger partial charge on any atom is 0.123 e. The highest BCUT2D eigenvalue weighted by atomic mass is 127. The molecular formula is C49H81IO4. The van der Waals surface area contributed by atoms with Gasteiger partial charge in [-0.25, -0.2) is 0 Å². The molecule has 0 aromatic heterocycles. The van der Waals surface area contributed by atoms with E-state index in [1.54, 1.807) is 0 Å². The number of rotatable bonds is 38. The van der Waals surface area contributed by atoms with Crippen LogP contribution in [0.2, 0.25) is 0 Å². The molecule has 0 saturated heterocycles. The molecular weight excluding hydrogens is 779 g/mol. The van der Waals surface area contributed by atoms with Crippen molar-refractivity contribution in [3.05, 3.63) is 47.5 Å². The summed E-state index contributed by atoms with van der Waals surface area (Å²) in [6.45, 7) is 9.81. The summed E-state index contributed by atoms with van der Waals surface area (Å²) < 4.78 is 26.5. The van der Waals surface area contributed by atoms with Crippen molar-refractivity contribution in [2.24, 2.45) is 0 Å². The first kappa shape index (κ1) is 48.3. The second-order valence-electron chi connectivity index (χ2n) is 15.4. The van der Waals surface area contributed by atoms with Gasteiger partial charge in [0.05, 0.1) is 26.4 Å². The number of hydrogen-bond donors (Lipinski definition) is 0. The van der Waals surface area contributed by atoms with Crippen LogP contribution in [0.25, 0.3) is 12.2 Å². The lowest BCUT2D eigenvalue weighted by molar-refractivity contribution is 0.289. The Kier molecular flexibility index (Phi) is 31.7. The van der Waals surface area contributed by atoms with Gasteiger partial charge in [0, 0.05) is 12.1 Å². The average Bonchev–Trinajstić information content (AvgIpc) is 3.18. The van der Waals surface area contributed by atoms with E-state index in [0.29, 0.717) is 0 Å². The van der Waals surface area contributed by atoms with Crippen molar-refractivity contribution in [2.75, 3.05) is 30.9 Å². The molecule has 0 heterocycles. The highest BCUT2D eigenvalue weighted by molar-refractivity contribution is 14.1. The first-order valence-electron chi connectivity index (χ1n) is 22.7. The predicted octanol–water partition coefficient (Wildman–Crippen LogP) is 16.4. The predicted molar refractivity (Wildman–Crippen MR) is 244 cm³/mol. The first-order chi connectivity index (χ1) is 26.7. The number of hydrogen-bond acceptors (Lipinski definition) is 4. The van der Waals surface area contributed by atoms with Crippen molar-refractivity contribution in [3.63, 3.8) is 0 Å². The van der Waals surface area contributed by atoms with Crippen molar-refractivity contribution in [1.29, 1.82) is 0 Å². The molecule has 0 aliphatic rings. The van der Waals surface area contributed by atoms with Gasteiger partial charge in [-0.2, -0.15) is 0 Å². The topological polar surface area (TPSA) is 36.9 Å². The molecule has 0 amide bonds. The molecule has 0 bridgehead atoms. The average molecular weight is 861 g/mol. The molecule has 0 aliphatic heterocycles. The van der Waals surface area contributed by atoms with Gasteiger partial charge in [-0.05, 0) is 71.9 Å². The summed E-state index contributed by atoms with van der Waals surface area (Å²) in [7, 11) is 0. The standard InChI is InChI=1S/C49H81IO4/c1-4-7-10-13-17-22-27-34-51-46-38-44(39-47(42-46)52-35-28-23-18-14-11-8-5-2)31-32-45-40-48(53-36-29-24-19-15-12-9-6-3)43-49(41-45)54-37-30-25-20-16-21-26-33-50/h31-32,38-43H,4-30,33-37H2,1-3H3/b32-31+. The van der Waals surface area contributed by atoms with E-state index in [1.165, 1.54) is 152 Å². The van der Waals surface area contributed by atoms with Gasteiger partial charge in [0.25, 0.3) is 0 Å². The van der Waals surface area contributed by atoms with Gasteiger partial charge in [0.15, 0.2) is 0 Å². The quantitative estimate of drug-likeness (QED) is 0.0292. The minimum Gasteiger partial charge on any atom is -0.493 e. The van der Waals surface area contributed by atoms with E-state index in [1.807, 2.05) is 0 Å². The lowest BCUT2D eigenvalue weighted by Gasteiger charge is -2.13. The summed E-state index contributed by atoms with van der Waals surface area (Å²) >= 11 is 2.48. The Morgan fingerprint density at radius 2 is 0.574 bits per heavy atom. The van der Waals surface area contributed by atoms with Crippen LogP contribution in [-0.4, -0.2) is 30.9 Å². The van der Waals surface area contributed by atoms with E-state index in [2.05, 4.69) is 91.9 Å².